The first-order valence-corrected chi connectivity index (χ1v) is 7.59. The molecule has 0 amide bonds. The van der Waals surface area contributed by atoms with Crippen LogP contribution in [0.1, 0.15) is 24.8 Å². The van der Waals surface area contributed by atoms with Gasteiger partial charge in [0.1, 0.15) is 11.2 Å². The molecule has 0 N–H and O–H groups in total. The molecule has 0 aliphatic rings. The van der Waals surface area contributed by atoms with Gasteiger partial charge in [0.05, 0.1) is 12.1 Å². The number of rotatable bonds is 5. The summed E-state index contributed by atoms with van der Waals surface area (Å²) in [6.45, 7) is 1.83. The zero-order valence-electron chi connectivity index (χ0n) is 10.4. The maximum absolute atomic E-state index is 11.7. The SMILES string of the molecule is COc1c(Cl)cc(C(C)CC=O)cc1S(C)(=O)=O. The number of aldehydes is 1. The van der Waals surface area contributed by atoms with Gasteiger partial charge in [0.15, 0.2) is 15.6 Å². The van der Waals surface area contributed by atoms with E-state index in [-0.39, 0.29) is 21.6 Å². The van der Waals surface area contributed by atoms with E-state index in [0.29, 0.717) is 12.0 Å². The number of methoxy groups -OCH3 is 1. The van der Waals surface area contributed by atoms with Crippen molar-refractivity contribution in [2.24, 2.45) is 0 Å². The Labute approximate surface area is 112 Å². The second-order valence-corrected chi connectivity index (χ2v) is 6.50. The summed E-state index contributed by atoms with van der Waals surface area (Å²) >= 11 is 6.01. The van der Waals surface area contributed by atoms with Gasteiger partial charge in [-0.3, -0.25) is 0 Å². The van der Waals surface area contributed by atoms with Crippen molar-refractivity contribution in [1.82, 2.24) is 0 Å². The Hall–Kier alpha value is -1.07. The number of benzene rings is 1. The lowest BCUT2D eigenvalue weighted by Gasteiger charge is -2.14. The number of sulfone groups is 1. The molecule has 0 aliphatic carbocycles. The molecule has 0 radical (unpaired) electrons. The number of hydrogen-bond acceptors (Lipinski definition) is 4. The molecule has 1 aromatic rings. The fraction of sp³-hybridized carbons (Fsp3) is 0.417. The number of ether oxygens (including phenoxy) is 1. The molecule has 100 valence electrons. The lowest BCUT2D eigenvalue weighted by atomic mass is 9.98. The van der Waals surface area contributed by atoms with Crippen LogP contribution in [0.5, 0.6) is 5.75 Å². The maximum Gasteiger partial charge on any atom is 0.179 e. The summed E-state index contributed by atoms with van der Waals surface area (Å²) in [4.78, 5) is 10.5. The van der Waals surface area contributed by atoms with Crippen LogP contribution in [-0.4, -0.2) is 28.1 Å². The Balaban J connectivity index is 3.44. The summed E-state index contributed by atoms with van der Waals surface area (Å²) in [5.74, 6) is 0.0487. The van der Waals surface area contributed by atoms with Gasteiger partial charge in [-0.25, -0.2) is 8.42 Å². The minimum absolute atomic E-state index is 0.0465. The molecule has 1 rings (SSSR count). The van der Waals surface area contributed by atoms with E-state index < -0.39 is 9.84 Å². The number of carbonyl (C=O) groups excluding carboxylic acids is 1. The lowest BCUT2D eigenvalue weighted by molar-refractivity contribution is -0.108. The monoisotopic (exact) mass is 290 g/mol. The highest BCUT2D eigenvalue weighted by Gasteiger charge is 2.20. The molecule has 1 aromatic carbocycles. The first-order chi connectivity index (χ1) is 8.31. The van der Waals surface area contributed by atoms with Crippen LogP contribution in [0.15, 0.2) is 17.0 Å². The van der Waals surface area contributed by atoms with Crippen molar-refractivity contribution in [3.05, 3.63) is 22.7 Å². The summed E-state index contributed by atoms with van der Waals surface area (Å²) in [6, 6.07) is 3.14. The van der Waals surface area contributed by atoms with Crippen molar-refractivity contribution >= 4 is 27.7 Å². The van der Waals surface area contributed by atoms with Crippen molar-refractivity contribution in [3.8, 4) is 5.75 Å². The van der Waals surface area contributed by atoms with Crippen LogP contribution in [0.25, 0.3) is 0 Å². The van der Waals surface area contributed by atoms with Crippen LogP contribution in [0.4, 0.5) is 0 Å². The Kier molecular flexibility index (Phi) is 4.76. The number of hydrogen-bond donors (Lipinski definition) is 0. The van der Waals surface area contributed by atoms with Crippen LogP contribution in [0.2, 0.25) is 5.02 Å². The topological polar surface area (TPSA) is 60.4 Å². The zero-order chi connectivity index (χ0) is 13.9. The fourth-order valence-electron chi connectivity index (χ4n) is 1.63. The van der Waals surface area contributed by atoms with Gasteiger partial charge in [0.2, 0.25) is 0 Å². The predicted octanol–water partition coefficient (Wildman–Crippen LogP) is 2.44. The van der Waals surface area contributed by atoms with E-state index in [1.807, 2.05) is 6.92 Å². The molecule has 0 spiro atoms. The first-order valence-electron chi connectivity index (χ1n) is 5.32. The average Bonchev–Trinajstić information content (AvgIpc) is 2.27. The average molecular weight is 291 g/mol. The molecule has 18 heavy (non-hydrogen) atoms. The molecule has 0 aromatic heterocycles. The third-order valence-corrected chi connectivity index (χ3v) is 4.04. The quantitative estimate of drug-likeness (QED) is 0.782. The van der Waals surface area contributed by atoms with Gasteiger partial charge in [-0.2, -0.15) is 0 Å². The van der Waals surface area contributed by atoms with Gasteiger partial charge in [0, 0.05) is 12.7 Å². The van der Waals surface area contributed by atoms with Gasteiger partial charge in [-0.1, -0.05) is 18.5 Å². The molecule has 0 saturated carbocycles. The van der Waals surface area contributed by atoms with Crippen LogP contribution in [0, 0.1) is 0 Å². The molecule has 4 nitrogen and oxygen atoms in total. The highest BCUT2D eigenvalue weighted by Crippen LogP contribution is 2.36. The summed E-state index contributed by atoms with van der Waals surface area (Å²) in [6.07, 6.45) is 2.20. The Morgan fingerprint density at radius 2 is 2.06 bits per heavy atom. The largest absolute Gasteiger partial charge is 0.494 e. The highest BCUT2D eigenvalue weighted by atomic mass is 35.5. The van der Waals surface area contributed by atoms with Crippen LogP contribution in [-0.2, 0) is 14.6 Å². The van der Waals surface area contributed by atoms with E-state index >= 15 is 0 Å². The molecular formula is C12H15ClO4S. The Morgan fingerprint density at radius 1 is 1.44 bits per heavy atom. The standard InChI is InChI=1S/C12H15ClO4S/c1-8(4-5-14)9-6-10(13)12(17-2)11(7-9)18(3,15)16/h5-8H,4H2,1-3H3. The fourth-order valence-corrected chi connectivity index (χ4v) is 2.87. The van der Waals surface area contributed by atoms with Crippen molar-refractivity contribution in [1.29, 1.82) is 0 Å². The minimum Gasteiger partial charge on any atom is -0.494 e. The Bertz CT molecular complexity index is 551. The van der Waals surface area contributed by atoms with Crippen molar-refractivity contribution < 1.29 is 17.9 Å². The molecule has 0 fully saturated rings. The molecule has 0 bridgehead atoms. The van der Waals surface area contributed by atoms with E-state index in [1.165, 1.54) is 13.2 Å². The van der Waals surface area contributed by atoms with Gasteiger partial charge >= 0.3 is 0 Å². The van der Waals surface area contributed by atoms with Crippen LogP contribution >= 0.6 is 11.6 Å². The third-order valence-electron chi connectivity index (χ3n) is 2.65. The molecule has 0 saturated heterocycles. The van der Waals surface area contributed by atoms with Crippen LogP contribution in [0.3, 0.4) is 0 Å². The second kappa shape index (κ2) is 5.71. The minimum atomic E-state index is -3.44. The molecule has 0 heterocycles. The van der Waals surface area contributed by atoms with Gasteiger partial charge in [-0.05, 0) is 23.6 Å². The maximum atomic E-state index is 11.7. The zero-order valence-corrected chi connectivity index (χ0v) is 12.0. The van der Waals surface area contributed by atoms with E-state index in [4.69, 9.17) is 16.3 Å². The molecular weight excluding hydrogens is 276 g/mol. The van der Waals surface area contributed by atoms with E-state index in [2.05, 4.69) is 0 Å². The van der Waals surface area contributed by atoms with Gasteiger partial charge in [-0.15, -0.1) is 0 Å². The summed E-state index contributed by atoms with van der Waals surface area (Å²) in [5.41, 5.74) is 0.702. The van der Waals surface area contributed by atoms with E-state index in [0.717, 1.165) is 12.5 Å². The molecule has 6 heteroatoms. The summed E-state index contributed by atoms with van der Waals surface area (Å²) < 4.78 is 28.4. The highest BCUT2D eigenvalue weighted by molar-refractivity contribution is 7.90. The van der Waals surface area contributed by atoms with Gasteiger partial charge < -0.3 is 9.53 Å². The first kappa shape index (κ1) is 15.0. The van der Waals surface area contributed by atoms with Gasteiger partial charge in [0.25, 0.3) is 0 Å². The number of carbonyl (C=O) groups is 1. The third kappa shape index (κ3) is 3.23. The second-order valence-electron chi connectivity index (χ2n) is 4.11. The smallest absolute Gasteiger partial charge is 0.179 e. The predicted molar refractivity (Wildman–Crippen MR) is 70.2 cm³/mol. The lowest BCUT2D eigenvalue weighted by Crippen LogP contribution is -2.04. The van der Waals surface area contributed by atoms with Crippen LogP contribution < -0.4 is 4.74 Å². The number of halogens is 1. The normalized spacial score (nSPS) is 13.1. The Morgan fingerprint density at radius 3 is 2.50 bits per heavy atom. The summed E-state index contributed by atoms with van der Waals surface area (Å²) in [5, 5.41) is 0.230. The van der Waals surface area contributed by atoms with E-state index in [9.17, 15) is 13.2 Å². The van der Waals surface area contributed by atoms with Crippen molar-refractivity contribution in [3.63, 3.8) is 0 Å². The molecule has 0 aliphatic heterocycles. The summed E-state index contributed by atoms with van der Waals surface area (Å²) in [7, 11) is -2.07. The van der Waals surface area contributed by atoms with E-state index in [1.54, 1.807) is 6.07 Å². The van der Waals surface area contributed by atoms with Crippen molar-refractivity contribution in [2.45, 2.75) is 24.2 Å². The molecule has 1 atom stereocenters. The molecule has 1 unspecified atom stereocenters. The van der Waals surface area contributed by atoms with Crippen molar-refractivity contribution in [2.75, 3.05) is 13.4 Å².